The molecule has 0 fully saturated rings. The van der Waals surface area contributed by atoms with E-state index in [-0.39, 0.29) is 33.3 Å². The number of halogens is 1. The van der Waals surface area contributed by atoms with Gasteiger partial charge in [0.2, 0.25) is 0 Å². The van der Waals surface area contributed by atoms with Gasteiger partial charge in [-0.05, 0) is 18.2 Å². The van der Waals surface area contributed by atoms with Crippen LogP contribution in [0, 0.1) is 10.1 Å². The van der Waals surface area contributed by atoms with Crippen LogP contribution in [0.1, 0.15) is 20.7 Å². The number of nitrogens with zero attached hydrogens (tertiary/aromatic N) is 1. The molecule has 1 amide bonds. The number of carbonyl (C=O) groups is 2. The Kier molecular flexibility index (Phi) is 5.00. The predicted octanol–water partition coefficient (Wildman–Crippen LogP) is 3.21. The molecule has 8 nitrogen and oxygen atoms in total. The number of ether oxygens (including phenoxy) is 1. The lowest BCUT2D eigenvalue weighted by atomic mass is 10.1. The number of rotatable bonds is 5. The van der Waals surface area contributed by atoms with Gasteiger partial charge in [-0.25, -0.2) is 4.79 Å². The summed E-state index contributed by atoms with van der Waals surface area (Å²) >= 11 is 5.94. The van der Waals surface area contributed by atoms with E-state index in [0.717, 1.165) is 6.07 Å². The number of amides is 1. The minimum Gasteiger partial charge on any atom is -0.493 e. The van der Waals surface area contributed by atoms with Crippen LogP contribution in [0.15, 0.2) is 36.4 Å². The molecule has 0 heterocycles. The van der Waals surface area contributed by atoms with Gasteiger partial charge in [-0.15, -0.1) is 0 Å². The second kappa shape index (κ2) is 6.97. The Bertz CT molecular complexity index is 837. The molecule has 2 N–H and O–H groups in total. The Morgan fingerprint density at radius 2 is 1.96 bits per heavy atom. The van der Waals surface area contributed by atoms with Crippen LogP contribution in [0.25, 0.3) is 0 Å². The second-order valence-electron chi connectivity index (χ2n) is 4.57. The maximum atomic E-state index is 12.3. The molecule has 0 saturated heterocycles. The van der Waals surface area contributed by atoms with Gasteiger partial charge in [-0.2, -0.15) is 0 Å². The lowest BCUT2D eigenvalue weighted by molar-refractivity contribution is -0.385. The molecule has 124 valence electrons. The van der Waals surface area contributed by atoms with Gasteiger partial charge in [0.05, 0.1) is 28.3 Å². The fourth-order valence-electron chi connectivity index (χ4n) is 2.03. The number of methoxy groups -OCH3 is 1. The van der Waals surface area contributed by atoms with Crippen LogP contribution < -0.4 is 10.1 Å². The fourth-order valence-corrected chi connectivity index (χ4v) is 2.33. The number of hydrogen-bond donors (Lipinski definition) is 2. The number of benzene rings is 2. The van der Waals surface area contributed by atoms with Gasteiger partial charge >= 0.3 is 5.97 Å². The van der Waals surface area contributed by atoms with Gasteiger partial charge in [0.15, 0.2) is 5.75 Å². The summed E-state index contributed by atoms with van der Waals surface area (Å²) < 4.78 is 5.05. The molecule has 0 atom stereocenters. The van der Waals surface area contributed by atoms with Gasteiger partial charge in [-0.3, -0.25) is 14.9 Å². The lowest BCUT2D eigenvalue weighted by Crippen LogP contribution is -2.15. The van der Waals surface area contributed by atoms with Gasteiger partial charge < -0.3 is 15.2 Å². The third-order valence-corrected chi connectivity index (χ3v) is 3.37. The van der Waals surface area contributed by atoms with E-state index < -0.39 is 16.8 Å². The fraction of sp³-hybridized carbons (Fsp3) is 0.0667. The Balaban J connectivity index is 2.46. The Labute approximate surface area is 140 Å². The molecule has 0 aliphatic heterocycles. The first-order valence-corrected chi connectivity index (χ1v) is 6.88. The lowest BCUT2D eigenvalue weighted by Gasteiger charge is -2.13. The molecule has 2 rings (SSSR count). The van der Waals surface area contributed by atoms with Gasteiger partial charge in [-0.1, -0.05) is 23.7 Å². The first-order valence-electron chi connectivity index (χ1n) is 6.50. The van der Waals surface area contributed by atoms with E-state index in [2.05, 4.69) is 5.32 Å². The van der Waals surface area contributed by atoms with Crippen molar-refractivity contribution in [3.63, 3.8) is 0 Å². The highest BCUT2D eigenvalue weighted by Crippen LogP contribution is 2.35. The van der Waals surface area contributed by atoms with Crippen LogP contribution >= 0.6 is 11.6 Å². The quantitative estimate of drug-likeness (QED) is 0.631. The van der Waals surface area contributed by atoms with E-state index in [0.29, 0.717) is 0 Å². The third kappa shape index (κ3) is 3.44. The first-order chi connectivity index (χ1) is 11.3. The molecule has 0 radical (unpaired) electrons. The molecule has 0 bridgehead atoms. The summed E-state index contributed by atoms with van der Waals surface area (Å²) in [5.41, 5.74) is -0.736. The summed E-state index contributed by atoms with van der Waals surface area (Å²) in [5.74, 6) is -1.99. The van der Waals surface area contributed by atoms with Crippen LogP contribution in [0.4, 0.5) is 11.4 Å². The Hall–Kier alpha value is -3.13. The predicted molar refractivity (Wildman–Crippen MR) is 86.0 cm³/mol. The maximum absolute atomic E-state index is 12.3. The highest BCUT2D eigenvalue weighted by molar-refractivity contribution is 6.33. The number of carboxylic acid groups (broad SMARTS) is 1. The van der Waals surface area contributed by atoms with Crippen molar-refractivity contribution in [1.82, 2.24) is 0 Å². The number of hydrogen-bond acceptors (Lipinski definition) is 5. The highest BCUT2D eigenvalue weighted by atomic mass is 35.5. The van der Waals surface area contributed by atoms with E-state index >= 15 is 0 Å². The largest absolute Gasteiger partial charge is 0.493 e. The van der Waals surface area contributed by atoms with Crippen molar-refractivity contribution in [3.05, 3.63) is 62.7 Å². The highest BCUT2D eigenvalue weighted by Gasteiger charge is 2.22. The minimum atomic E-state index is -1.25. The summed E-state index contributed by atoms with van der Waals surface area (Å²) in [5, 5.41) is 22.4. The van der Waals surface area contributed by atoms with Gasteiger partial charge in [0.25, 0.3) is 11.6 Å². The van der Waals surface area contributed by atoms with E-state index in [4.69, 9.17) is 21.4 Å². The molecule has 0 aromatic heterocycles. The maximum Gasteiger partial charge on any atom is 0.335 e. The van der Waals surface area contributed by atoms with E-state index in [9.17, 15) is 19.7 Å². The van der Waals surface area contributed by atoms with Crippen molar-refractivity contribution in [2.24, 2.45) is 0 Å². The van der Waals surface area contributed by atoms with Gasteiger partial charge in [0, 0.05) is 6.07 Å². The summed E-state index contributed by atoms with van der Waals surface area (Å²) in [6.45, 7) is 0. The topological polar surface area (TPSA) is 119 Å². The SMILES string of the molecule is COc1c(Cl)cc(C(=O)O)cc1NC(=O)c1ccccc1[N+](=O)[O-]. The molecule has 24 heavy (non-hydrogen) atoms. The number of nitrogens with one attached hydrogen (secondary N) is 1. The zero-order valence-electron chi connectivity index (χ0n) is 12.3. The molecule has 0 spiro atoms. The van der Waals surface area contributed by atoms with E-state index in [1.165, 1.54) is 37.4 Å². The summed E-state index contributed by atoms with van der Waals surface area (Å²) in [6.07, 6.45) is 0. The second-order valence-corrected chi connectivity index (χ2v) is 4.98. The molecule has 2 aromatic carbocycles. The number of anilines is 1. The monoisotopic (exact) mass is 350 g/mol. The van der Waals surface area contributed by atoms with Crippen LogP contribution in [-0.2, 0) is 0 Å². The number of carboxylic acids is 1. The molecule has 0 unspecified atom stereocenters. The average Bonchev–Trinajstić information content (AvgIpc) is 2.54. The molecule has 0 saturated carbocycles. The molecule has 0 aliphatic rings. The van der Waals surface area contributed by atoms with Gasteiger partial charge in [0.1, 0.15) is 5.56 Å². The number of para-hydroxylation sites is 1. The third-order valence-electron chi connectivity index (χ3n) is 3.09. The van der Waals surface area contributed by atoms with Crippen LogP contribution in [0.5, 0.6) is 5.75 Å². The first kappa shape index (κ1) is 17.2. The smallest absolute Gasteiger partial charge is 0.335 e. The zero-order chi connectivity index (χ0) is 17.9. The van der Waals surface area contributed by atoms with Crippen LogP contribution in [-0.4, -0.2) is 29.0 Å². The van der Waals surface area contributed by atoms with E-state index in [1.807, 2.05) is 0 Å². The molecular formula is C15H11ClN2O6. The molecule has 9 heteroatoms. The summed E-state index contributed by atoms with van der Waals surface area (Å²) in [7, 11) is 1.29. The number of nitro groups is 1. The molecule has 2 aromatic rings. The average molecular weight is 351 g/mol. The number of carbonyl (C=O) groups excluding carboxylic acids is 1. The van der Waals surface area contributed by atoms with Crippen molar-refractivity contribution >= 4 is 34.9 Å². The van der Waals surface area contributed by atoms with Crippen molar-refractivity contribution in [2.75, 3.05) is 12.4 Å². The van der Waals surface area contributed by atoms with Crippen LogP contribution in [0.3, 0.4) is 0 Å². The number of aromatic carboxylic acids is 1. The standard InChI is InChI=1S/C15H11ClN2O6/c1-24-13-10(16)6-8(15(20)21)7-11(13)17-14(19)9-4-2-3-5-12(9)18(22)23/h2-7H,1H3,(H,17,19)(H,20,21). The zero-order valence-corrected chi connectivity index (χ0v) is 13.0. The summed E-state index contributed by atoms with van der Waals surface area (Å²) in [6, 6.07) is 7.69. The Morgan fingerprint density at radius 3 is 2.54 bits per heavy atom. The van der Waals surface area contributed by atoms with Crippen molar-refractivity contribution in [3.8, 4) is 5.75 Å². The normalized spacial score (nSPS) is 10.1. The molecule has 0 aliphatic carbocycles. The van der Waals surface area contributed by atoms with Crippen LogP contribution in [0.2, 0.25) is 5.02 Å². The van der Waals surface area contributed by atoms with Crippen molar-refractivity contribution < 1.29 is 24.4 Å². The molecular weight excluding hydrogens is 340 g/mol. The van der Waals surface area contributed by atoms with E-state index in [1.54, 1.807) is 0 Å². The summed E-state index contributed by atoms with van der Waals surface area (Å²) in [4.78, 5) is 33.8. The Morgan fingerprint density at radius 1 is 1.29 bits per heavy atom. The van der Waals surface area contributed by atoms with Crippen molar-refractivity contribution in [2.45, 2.75) is 0 Å². The number of nitro benzene ring substituents is 1. The van der Waals surface area contributed by atoms with Crippen molar-refractivity contribution in [1.29, 1.82) is 0 Å². The minimum absolute atomic E-state index is 0.00875.